The average molecular weight is 881 g/mol. The summed E-state index contributed by atoms with van der Waals surface area (Å²) >= 11 is 0. The zero-order valence-corrected chi connectivity index (χ0v) is 35.3. The molecule has 336 valence electrons. The molecule has 64 heavy (non-hydrogen) atoms. The number of aliphatic hydroxyl groups is 1. The molecule has 8 rings (SSSR count). The molecule has 0 saturated heterocycles. The minimum atomic E-state index is -2.01. The van der Waals surface area contributed by atoms with Crippen LogP contribution in [-0.2, 0) is 69.8 Å². The maximum atomic E-state index is 15.3. The van der Waals surface area contributed by atoms with E-state index < -0.39 is 71.1 Å². The maximum Gasteiger partial charge on any atom is 0.343 e. The van der Waals surface area contributed by atoms with Crippen LogP contribution < -0.4 is 37.9 Å². The lowest BCUT2D eigenvalue weighted by molar-refractivity contribution is -0.172. The number of carbonyl (C=O) groups is 6. The molecule has 2 aromatic heterocycles. The minimum absolute atomic E-state index is 0.0182. The highest BCUT2D eigenvalue weighted by molar-refractivity contribution is 5.95. The highest BCUT2D eigenvalue weighted by Gasteiger charge is 2.46. The number of esters is 1. The number of carbonyl (C=O) groups excluding carboxylic acids is 6. The van der Waals surface area contributed by atoms with Crippen molar-refractivity contribution in [1.82, 2.24) is 36.1 Å². The Morgan fingerprint density at radius 2 is 1.77 bits per heavy atom. The van der Waals surface area contributed by atoms with Gasteiger partial charge in [0.1, 0.15) is 25.2 Å². The van der Waals surface area contributed by atoms with E-state index in [0.717, 1.165) is 22.1 Å². The van der Waals surface area contributed by atoms with Crippen molar-refractivity contribution in [3.8, 4) is 11.4 Å². The Hall–Kier alpha value is -6.57. The number of pyridine rings is 2. The van der Waals surface area contributed by atoms with Gasteiger partial charge in [0.05, 0.1) is 60.8 Å². The second-order valence-electron chi connectivity index (χ2n) is 16.6. The third-order valence-electron chi connectivity index (χ3n) is 12.7. The van der Waals surface area contributed by atoms with Crippen LogP contribution in [0.1, 0.15) is 77.6 Å². The summed E-state index contributed by atoms with van der Waals surface area (Å²) in [6.45, 7) is 1.93. The van der Waals surface area contributed by atoms with Crippen molar-refractivity contribution >= 4 is 46.4 Å². The van der Waals surface area contributed by atoms with E-state index in [4.69, 9.17) is 20.2 Å². The van der Waals surface area contributed by atoms with Crippen LogP contribution in [-0.4, -0.2) is 88.7 Å². The SMILES string of the molecule is CC[C@@]1(O)C(=O)OCc2c1cc1n(c2=O)Cc2c-1nc1cc(F)c(C)c3c1c2[C@@H](NC(=O)[C@H]1C[C@@H](OCNC(=O)CNC(=O)[C@H](Cc2ccccc2)NC(=O)CNC(=O)CN)C1)CC3. The number of ether oxygens (including phenoxy) is 2. The number of nitrogens with zero attached hydrogens (tertiary/aromatic N) is 2. The van der Waals surface area contributed by atoms with Gasteiger partial charge < -0.3 is 51.5 Å². The maximum absolute atomic E-state index is 15.3. The monoisotopic (exact) mass is 880 g/mol. The molecule has 8 N–H and O–H groups in total. The molecular weight excluding hydrogens is 832 g/mol. The summed E-state index contributed by atoms with van der Waals surface area (Å²) in [6, 6.07) is 10.4. The van der Waals surface area contributed by atoms with E-state index in [1.54, 1.807) is 44.2 Å². The third-order valence-corrected chi connectivity index (χ3v) is 12.7. The van der Waals surface area contributed by atoms with Gasteiger partial charge in [0.15, 0.2) is 5.60 Å². The largest absolute Gasteiger partial charge is 0.458 e. The first-order valence-electron chi connectivity index (χ1n) is 21.3. The lowest BCUT2D eigenvalue weighted by Crippen LogP contribution is -2.52. The number of hydrogen-bond acceptors (Lipinski definition) is 12. The summed E-state index contributed by atoms with van der Waals surface area (Å²) < 4.78 is 27.9. The molecule has 0 radical (unpaired) electrons. The number of rotatable bonds is 15. The van der Waals surface area contributed by atoms with E-state index in [1.807, 2.05) is 6.07 Å². The molecule has 4 aromatic rings. The van der Waals surface area contributed by atoms with Gasteiger partial charge in [-0.15, -0.1) is 0 Å². The summed E-state index contributed by atoms with van der Waals surface area (Å²) in [5.41, 5.74) is 7.83. The second-order valence-corrected chi connectivity index (χ2v) is 16.6. The molecule has 0 spiro atoms. The highest BCUT2D eigenvalue weighted by Crippen LogP contribution is 2.46. The standard InChI is InChI=1S/C45H49FN8O10/c1-3-45(62)29-14-34-40-27(19-54(34)43(60)28(29)20-63-44(45)61)39-31(10-9-26-22(2)30(46)15-32(52-40)38(26)39)53-41(58)24-12-25(13-24)64-21-50-36(56)17-49-42(59)33(11-23-7-5-4-6-8-23)51-37(57)18-48-35(55)16-47/h4-8,14-15,24-25,31,33,62H,3,9-13,16-21,47H2,1-2H3,(H,48,55)(H,49,59)(H,50,56)(H,51,57)(H,53,58)/t24-,25+,31-,33-,45-/m0/s1. The lowest BCUT2D eigenvalue weighted by atomic mass is 9.79. The predicted molar refractivity (Wildman–Crippen MR) is 226 cm³/mol. The second kappa shape index (κ2) is 17.9. The zero-order chi connectivity index (χ0) is 45.4. The van der Waals surface area contributed by atoms with Crippen LogP contribution in [0, 0.1) is 18.7 Å². The van der Waals surface area contributed by atoms with E-state index in [0.29, 0.717) is 53.7 Å². The number of aryl methyl sites for hydroxylation is 1. The number of aromatic nitrogens is 2. The summed E-state index contributed by atoms with van der Waals surface area (Å²) in [4.78, 5) is 95.0. The fourth-order valence-electron chi connectivity index (χ4n) is 9.05. The molecule has 18 nitrogen and oxygen atoms in total. The summed E-state index contributed by atoms with van der Waals surface area (Å²) in [7, 11) is 0. The molecule has 3 atom stereocenters. The molecule has 1 saturated carbocycles. The molecule has 5 amide bonds. The normalized spacial score (nSPS) is 20.7. The van der Waals surface area contributed by atoms with Crippen LogP contribution in [0.3, 0.4) is 0 Å². The Kier molecular flexibility index (Phi) is 12.3. The van der Waals surface area contributed by atoms with Crippen LogP contribution in [0.15, 0.2) is 47.3 Å². The topological polar surface area (TPSA) is 262 Å². The van der Waals surface area contributed by atoms with Crippen LogP contribution >= 0.6 is 0 Å². The van der Waals surface area contributed by atoms with E-state index >= 15 is 4.39 Å². The van der Waals surface area contributed by atoms with Crippen molar-refractivity contribution in [3.63, 3.8) is 0 Å². The molecular formula is C45H49FN8O10. The van der Waals surface area contributed by atoms with Crippen molar-refractivity contribution in [2.75, 3.05) is 26.4 Å². The minimum Gasteiger partial charge on any atom is -0.458 e. The fraction of sp³-hybridized carbons (Fsp3) is 0.422. The highest BCUT2D eigenvalue weighted by atomic mass is 19.1. The van der Waals surface area contributed by atoms with E-state index in [-0.39, 0.29) is 69.0 Å². The molecule has 2 aromatic carbocycles. The lowest BCUT2D eigenvalue weighted by Gasteiger charge is -2.36. The molecule has 4 heterocycles. The van der Waals surface area contributed by atoms with Gasteiger partial charge in [-0.1, -0.05) is 37.3 Å². The van der Waals surface area contributed by atoms with Crippen LogP contribution in [0.2, 0.25) is 0 Å². The Morgan fingerprint density at radius 1 is 1.02 bits per heavy atom. The fourth-order valence-corrected chi connectivity index (χ4v) is 9.05. The predicted octanol–water partition coefficient (Wildman–Crippen LogP) is 0.418. The smallest absolute Gasteiger partial charge is 0.343 e. The van der Waals surface area contributed by atoms with Gasteiger partial charge >= 0.3 is 5.97 Å². The summed E-state index contributed by atoms with van der Waals surface area (Å²) in [5, 5.41) is 25.3. The number of nitrogens with two attached hydrogens (primary N) is 1. The Bertz CT molecular complexity index is 2650. The van der Waals surface area contributed by atoms with Crippen LogP contribution in [0.25, 0.3) is 22.3 Å². The number of halogens is 1. The zero-order valence-electron chi connectivity index (χ0n) is 35.3. The number of hydrogen-bond donors (Lipinski definition) is 7. The summed E-state index contributed by atoms with van der Waals surface area (Å²) in [6.07, 6.45) is 1.51. The van der Waals surface area contributed by atoms with E-state index in [1.165, 1.54) is 10.6 Å². The first kappa shape index (κ1) is 44.1. The number of nitrogens with one attached hydrogen (secondary N) is 5. The van der Waals surface area contributed by atoms with Gasteiger partial charge in [0.25, 0.3) is 5.56 Å². The number of amides is 5. The van der Waals surface area contributed by atoms with Crippen molar-refractivity contribution in [1.29, 1.82) is 0 Å². The van der Waals surface area contributed by atoms with Crippen LogP contribution in [0.4, 0.5) is 4.39 Å². The first-order valence-corrected chi connectivity index (χ1v) is 21.3. The van der Waals surface area contributed by atoms with E-state index in [2.05, 4.69) is 26.6 Å². The van der Waals surface area contributed by atoms with Gasteiger partial charge in [-0.05, 0) is 67.3 Å². The van der Waals surface area contributed by atoms with E-state index in [9.17, 15) is 38.7 Å². The Balaban J connectivity index is 0.883. The van der Waals surface area contributed by atoms with Crippen molar-refractivity contribution in [2.45, 2.75) is 89.3 Å². The molecule has 0 unspecified atom stereocenters. The molecule has 0 bridgehead atoms. The van der Waals surface area contributed by atoms with Gasteiger partial charge in [0, 0.05) is 34.9 Å². The number of fused-ring (bicyclic) bond motifs is 5. The van der Waals surface area contributed by atoms with Gasteiger partial charge in [-0.2, -0.15) is 0 Å². The van der Waals surface area contributed by atoms with Crippen molar-refractivity contribution in [3.05, 3.63) is 97.6 Å². The van der Waals surface area contributed by atoms with Gasteiger partial charge in [-0.3, -0.25) is 28.8 Å². The molecule has 4 aliphatic rings. The average Bonchev–Trinajstić information content (AvgIpc) is 3.64. The van der Waals surface area contributed by atoms with Crippen molar-refractivity contribution in [2.24, 2.45) is 11.7 Å². The van der Waals surface area contributed by atoms with Crippen LogP contribution in [0.5, 0.6) is 0 Å². The van der Waals surface area contributed by atoms with Gasteiger partial charge in [-0.25, -0.2) is 14.2 Å². The quantitative estimate of drug-likeness (QED) is 0.0558. The number of benzene rings is 2. The van der Waals surface area contributed by atoms with Crippen molar-refractivity contribution < 1.29 is 47.7 Å². The molecule has 2 aliphatic heterocycles. The number of cyclic esters (lactones) is 1. The third kappa shape index (κ3) is 8.33. The molecule has 19 heteroatoms. The molecule has 1 fully saturated rings. The molecule has 2 aliphatic carbocycles. The summed E-state index contributed by atoms with van der Waals surface area (Å²) in [5.74, 6) is -4.15. The Labute approximate surface area is 365 Å². The first-order chi connectivity index (χ1) is 30.7. The Morgan fingerprint density at radius 3 is 2.50 bits per heavy atom. The van der Waals surface area contributed by atoms with Gasteiger partial charge in [0.2, 0.25) is 29.5 Å².